The Bertz CT molecular complexity index is 638. The van der Waals surface area contributed by atoms with Crippen molar-refractivity contribution < 1.29 is 14.3 Å². The van der Waals surface area contributed by atoms with Gasteiger partial charge in [-0.15, -0.1) is 0 Å². The zero-order chi connectivity index (χ0) is 14.7. The van der Waals surface area contributed by atoms with Crippen LogP contribution in [0, 0.1) is 6.92 Å². The number of halogens is 1. The van der Waals surface area contributed by atoms with Crippen LogP contribution in [0.4, 0.5) is 0 Å². The van der Waals surface area contributed by atoms with Gasteiger partial charge in [-0.3, -0.25) is 9.48 Å². The summed E-state index contributed by atoms with van der Waals surface area (Å²) < 4.78 is 12.6. The van der Waals surface area contributed by atoms with Crippen molar-refractivity contribution in [1.29, 1.82) is 0 Å². The molecule has 0 fully saturated rings. The van der Waals surface area contributed by atoms with Crippen LogP contribution in [0.5, 0.6) is 11.5 Å². The monoisotopic (exact) mass is 294 g/mol. The Morgan fingerprint density at radius 1 is 1.40 bits per heavy atom. The predicted molar refractivity (Wildman–Crippen MR) is 75.7 cm³/mol. The van der Waals surface area contributed by atoms with Crippen molar-refractivity contribution in [3.8, 4) is 11.5 Å². The summed E-state index contributed by atoms with van der Waals surface area (Å²) in [5.74, 6) is 1.05. The van der Waals surface area contributed by atoms with Gasteiger partial charge in [-0.25, -0.2) is 0 Å². The second-order valence-corrected chi connectivity index (χ2v) is 4.66. The smallest absolute Gasteiger partial charge is 0.162 e. The number of carbonyl (C=O) groups excluding carboxylic acids is 1. The van der Waals surface area contributed by atoms with Gasteiger partial charge in [0.15, 0.2) is 11.5 Å². The number of carbonyl (C=O) groups is 1. The fourth-order valence-electron chi connectivity index (χ4n) is 1.86. The zero-order valence-electron chi connectivity index (χ0n) is 11.5. The number of hydrogen-bond acceptors (Lipinski definition) is 4. The molecule has 106 valence electrons. The minimum Gasteiger partial charge on any atom is -0.493 e. The molecule has 5 nitrogen and oxygen atoms in total. The predicted octanol–water partition coefficient (Wildman–Crippen LogP) is 2.78. The molecule has 0 atom stereocenters. The third kappa shape index (κ3) is 2.77. The number of methoxy groups -OCH3 is 1. The summed E-state index contributed by atoms with van der Waals surface area (Å²) in [6.45, 7) is 2.08. The molecule has 0 bridgehead atoms. The molecule has 0 unspecified atom stereocenters. The number of rotatable bonds is 5. The van der Waals surface area contributed by atoms with E-state index in [1.54, 1.807) is 37.0 Å². The third-order valence-electron chi connectivity index (χ3n) is 2.95. The van der Waals surface area contributed by atoms with Crippen molar-refractivity contribution in [3.63, 3.8) is 0 Å². The van der Waals surface area contributed by atoms with Crippen LogP contribution < -0.4 is 9.47 Å². The molecule has 0 saturated carbocycles. The largest absolute Gasteiger partial charge is 0.493 e. The van der Waals surface area contributed by atoms with Crippen molar-refractivity contribution >= 4 is 17.9 Å². The number of ether oxygens (including phenoxy) is 2. The lowest BCUT2D eigenvalue weighted by atomic mass is 10.2. The van der Waals surface area contributed by atoms with Crippen molar-refractivity contribution in [3.05, 3.63) is 40.2 Å². The maximum atomic E-state index is 10.8. The molecule has 0 aliphatic rings. The number of aromatic nitrogens is 2. The first-order valence-corrected chi connectivity index (χ1v) is 6.38. The molecule has 6 heteroatoms. The number of benzene rings is 1. The van der Waals surface area contributed by atoms with E-state index in [1.807, 2.05) is 6.92 Å². The van der Waals surface area contributed by atoms with E-state index >= 15 is 0 Å². The Balaban J connectivity index is 2.23. The molecule has 0 spiro atoms. The molecule has 20 heavy (non-hydrogen) atoms. The Morgan fingerprint density at radius 2 is 2.15 bits per heavy atom. The first-order chi connectivity index (χ1) is 9.56. The van der Waals surface area contributed by atoms with Gasteiger partial charge in [0.05, 0.1) is 23.5 Å². The van der Waals surface area contributed by atoms with Crippen LogP contribution in [-0.2, 0) is 13.7 Å². The number of aldehydes is 1. The number of aryl methyl sites for hydroxylation is 2. The van der Waals surface area contributed by atoms with Gasteiger partial charge < -0.3 is 9.47 Å². The van der Waals surface area contributed by atoms with Crippen molar-refractivity contribution in [2.75, 3.05) is 7.11 Å². The van der Waals surface area contributed by atoms with Crippen LogP contribution in [0.25, 0.3) is 0 Å². The average Bonchev–Trinajstić information content (AvgIpc) is 2.70. The van der Waals surface area contributed by atoms with Gasteiger partial charge in [0.25, 0.3) is 0 Å². The van der Waals surface area contributed by atoms with Gasteiger partial charge in [-0.2, -0.15) is 5.10 Å². The molecule has 1 heterocycles. The first-order valence-electron chi connectivity index (χ1n) is 6.00. The molecule has 2 rings (SSSR count). The van der Waals surface area contributed by atoms with E-state index in [1.165, 1.54) is 0 Å². The second-order valence-electron chi connectivity index (χ2n) is 4.29. The minimum atomic E-state index is 0.245. The van der Waals surface area contributed by atoms with E-state index in [4.69, 9.17) is 21.1 Å². The van der Waals surface area contributed by atoms with Crippen molar-refractivity contribution in [2.45, 2.75) is 13.5 Å². The Kier molecular flexibility index (Phi) is 4.29. The van der Waals surface area contributed by atoms with Crippen LogP contribution in [-0.4, -0.2) is 23.2 Å². The highest BCUT2D eigenvalue weighted by Crippen LogP contribution is 2.29. The van der Waals surface area contributed by atoms with E-state index in [-0.39, 0.29) is 6.61 Å². The fourth-order valence-corrected chi connectivity index (χ4v) is 2.08. The topological polar surface area (TPSA) is 53.4 Å². The molecular formula is C14H15ClN2O3. The van der Waals surface area contributed by atoms with Crippen LogP contribution in [0.3, 0.4) is 0 Å². The minimum absolute atomic E-state index is 0.245. The molecule has 0 radical (unpaired) electrons. The van der Waals surface area contributed by atoms with E-state index < -0.39 is 0 Å². The van der Waals surface area contributed by atoms with E-state index in [0.717, 1.165) is 17.7 Å². The van der Waals surface area contributed by atoms with Crippen LogP contribution in [0.1, 0.15) is 21.7 Å². The van der Waals surface area contributed by atoms with E-state index in [0.29, 0.717) is 22.1 Å². The van der Waals surface area contributed by atoms with E-state index in [9.17, 15) is 4.79 Å². The molecule has 0 aliphatic heterocycles. The van der Waals surface area contributed by atoms with Crippen LogP contribution in [0.2, 0.25) is 5.02 Å². The highest BCUT2D eigenvalue weighted by molar-refractivity contribution is 6.31. The van der Waals surface area contributed by atoms with Gasteiger partial charge in [-0.1, -0.05) is 11.6 Å². The Labute approximate surface area is 122 Å². The SMILES string of the molecule is COc1ccc(C=O)cc1OCc1c(Cl)c(C)nn1C. The van der Waals surface area contributed by atoms with Crippen molar-refractivity contribution in [2.24, 2.45) is 7.05 Å². The zero-order valence-corrected chi connectivity index (χ0v) is 12.3. The highest BCUT2D eigenvalue weighted by atomic mass is 35.5. The molecule has 0 amide bonds. The summed E-state index contributed by atoms with van der Waals surface area (Å²) in [5, 5.41) is 4.80. The maximum absolute atomic E-state index is 10.8. The summed E-state index contributed by atoms with van der Waals surface area (Å²) in [7, 11) is 3.35. The Hall–Kier alpha value is -2.01. The third-order valence-corrected chi connectivity index (χ3v) is 3.44. The summed E-state index contributed by atoms with van der Waals surface area (Å²) in [6.07, 6.45) is 0.757. The number of hydrogen-bond donors (Lipinski definition) is 0. The summed E-state index contributed by atoms with van der Waals surface area (Å²) in [4.78, 5) is 10.8. The molecule has 0 aliphatic carbocycles. The lowest BCUT2D eigenvalue weighted by Crippen LogP contribution is -2.04. The van der Waals surface area contributed by atoms with Gasteiger partial charge in [0.2, 0.25) is 0 Å². The number of nitrogens with zero attached hydrogens (tertiary/aromatic N) is 2. The molecule has 1 aromatic heterocycles. The molecule has 1 aromatic carbocycles. The van der Waals surface area contributed by atoms with Crippen molar-refractivity contribution in [1.82, 2.24) is 9.78 Å². The van der Waals surface area contributed by atoms with Crippen LogP contribution in [0.15, 0.2) is 18.2 Å². The van der Waals surface area contributed by atoms with Gasteiger partial charge in [0.1, 0.15) is 12.9 Å². The van der Waals surface area contributed by atoms with Crippen LogP contribution >= 0.6 is 11.6 Å². The molecule has 0 saturated heterocycles. The molecule has 2 aromatic rings. The lowest BCUT2D eigenvalue weighted by Gasteiger charge is -2.11. The average molecular weight is 295 g/mol. The summed E-state index contributed by atoms with van der Waals surface area (Å²) in [6, 6.07) is 4.98. The molecular weight excluding hydrogens is 280 g/mol. The first kappa shape index (κ1) is 14.4. The van der Waals surface area contributed by atoms with Gasteiger partial charge in [0, 0.05) is 12.6 Å². The lowest BCUT2D eigenvalue weighted by molar-refractivity contribution is 0.112. The second kappa shape index (κ2) is 5.96. The summed E-state index contributed by atoms with van der Waals surface area (Å²) >= 11 is 6.16. The van der Waals surface area contributed by atoms with Gasteiger partial charge in [-0.05, 0) is 25.1 Å². The van der Waals surface area contributed by atoms with E-state index in [2.05, 4.69) is 5.10 Å². The maximum Gasteiger partial charge on any atom is 0.162 e. The quantitative estimate of drug-likeness (QED) is 0.796. The Morgan fingerprint density at radius 3 is 2.70 bits per heavy atom. The standard InChI is InChI=1S/C14H15ClN2O3/c1-9-14(15)11(17(2)16-9)8-20-13-6-10(7-18)4-5-12(13)19-3/h4-7H,8H2,1-3H3. The highest BCUT2D eigenvalue weighted by Gasteiger charge is 2.13. The molecule has 0 N–H and O–H groups in total. The van der Waals surface area contributed by atoms with Gasteiger partial charge >= 0.3 is 0 Å². The fraction of sp³-hybridized carbons (Fsp3) is 0.286. The normalized spacial score (nSPS) is 10.4. The summed E-state index contributed by atoms with van der Waals surface area (Å²) in [5.41, 5.74) is 2.04.